The first kappa shape index (κ1) is 26.1. The molecular weight excluding hydrogens is 513 g/mol. The lowest BCUT2D eigenvalue weighted by molar-refractivity contribution is -0.137. The van der Waals surface area contributed by atoms with E-state index in [9.17, 15) is 27.9 Å². The van der Waals surface area contributed by atoms with Crippen LogP contribution in [0.15, 0.2) is 66.7 Å². The van der Waals surface area contributed by atoms with Crippen molar-refractivity contribution in [2.75, 3.05) is 25.1 Å². The van der Waals surface area contributed by atoms with Gasteiger partial charge in [0.25, 0.3) is 5.91 Å². The number of carbonyl (C=O) groups excluding carboxylic acids is 1. The zero-order valence-electron chi connectivity index (χ0n) is 21.2. The van der Waals surface area contributed by atoms with Crippen molar-refractivity contribution in [3.8, 4) is 11.5 Å². The number of hydrogen-bond donors (Lipinski definition) is 1. The minimum atomic E-state index is -4.61. The van der Waals surface area contributed by atoms with Gasteiger partial charge in [-0.05, 0) is 67.1 Å². The molecule has 1 aliphatic rings. The van der Waals surface area contributed by atoms with Crippen LogP contribution in [0.4, 0.5) is 18.9 Å². The summed E-state index contributed by atoms with van der Waals surface area (Å²) in [7, 11) is 1.98. The number of benzene rings is 3. The van der Waals surface area contributed by atoms with Crippen molar-refractivity contribution in [2.45, 2.75) is 25.6 Å². The number of likely N-dealkylation sites (N-methyl/N-ethyl adjacent to an activating group) is 1. The smallest absolute Gasteiger partial charge is 0.416 e. The van der Waals surface area contributed by atoms with Gasteiger partial charge in [0.1, 0.15) is 24.2 Å². The number of halogens is 3. The summed E-state index contributed by atoms with van der Waals surface area (Å²) >= 11 is 0. The summed E-state index contributed by atoms with van der Waals surface area (Å²) in [6.07, 6.45) is -5.32. The highest BCUT2D eigenvalue weighted by molar-refractivity contribution is 6.04. The number of fused-ring (bicyclic) bond motifs is 2. The molecule has 4 aromatic rings. The highest BCUT2D eigenvalue weighted by atomic mass is 19.4. The quantitative estimate of drug-likeness (QED) is 0.346. The number of anilines is 1. The summed E-state index contributed by atoms with van der Waals surface area (Å²) in [4.78, 5) is 27.0. The monoisotopic (exact) mass is 538 g/mol. The molecule has 0 amide bonds. The van der Waals surface area contributed by atoms with Crippen molar-refractivity contribution in [3.05, 3.63) is 89.1 Å². The van der Waals surface area contributed by atoms with Gasteiger partial charge >= 0.3 is 12.1 Å². The van der Waals surface area contributed by atoms with Crippen molar-refractivity contribution >= 4 is 28.5 Å². The number of nitrogens with zero attached hydrogens (tertiary/aromatic N) is 2. The van der Waals surface area contributed by atoms with Gasteiger partial charge in [0.15, 0.2) is 0 Å². The van der Waals surface area contributed by atoms with E-state index in [0.717, 1.165) is 23.6 Å². The minimum absolute atomic E-state index is 0.0806. The van der Waals surface area contributed by atoms with E-state index in [0.29, 0.717) is 12.3 Å². The van der Waals surface area contributed by atoms with Gasteiger partial charge in [-0.3, -0.25) is 14.2 Å². The van der Waals surface area contributed by atoms with Crippen molar-refractivity contribution in [1.82, 2.24) is 4.57 Å². The SMILES string of the molecule is Cc1c(CC(=O)O)c2cc(C(F)(F)F)ccc2n1C(=O)c1ccc(OC[C@@H]2CN(C)c3ccccc3O2)cc1. The van der Waals surface area contributed by atoms with E-state index in [4.69, 9.17) is 9.47 Å². The predicted octanol–water partition coefficient (Wildman–Crippen LogP) is 5.56. The lowest BCUT2D eigenvalue weighted by Gasteiger charge is -2.33. The van der Waals surface area contributed by atoms with Gasteiger partial charge in [-0.1, -0.05) is 12.1 Å². The Labute approximate surface area is 222 Å². The number of para-hydroxylation sites is 2. The van der Waals surface area contributed by atoms with Crippen molar-refractivity contribution in [2.24, 2.45) is 0 Å². The molecule has 0 bridgehead atoms. The van der Waals surface area contributed by atoms with E-state index in [2.05, 4.69) is 4.90 Å². The van der Waals surface area contributed by atoms with Crippen molar-refractivity contribution in [3.63, 3.8) is 0 Å². The fourth-order valence-corrected chi connectivity index (χ4v) is 4.89. The lowest BCUT2D eigenvalue weighted by Crippen LogP contribution is -2.41. The Morgan fingerprint density at radius 1 is 1.08 bits per heavy atom. The second-order valence-electron chi connectivity index (χ2n) is 9.43. The van der Waals surface area contributed by atoms with Gasteiger partial charge in [0.2, 0.25) is 0 Å². The van der Waals surface area contributed by atoms with Crippen LogP contribution in [0.1, 0.15) is 27.2 Å². The minimum Gasteiger partial charge on any atom is -0.490 e. The number of hydrogen-bond acceptors (Lipinski definition) is 5. The standard InChI is InChI=1S/C29H25F3N2O5/c1-17-22(14-27(35)36)23-13-19(29(30,31)32)9-12-24(23)34(17)28(37)18-7-10-20(11-8-18)38-16-21-15-33(2)25-5-3-4-6-26(25)39-21/h3-13,21H,14-16H2,1-2H3,(H,35,36)/t21-/m0/s1. The molecule has 1 aromatic heterocycles. The van der Waals surface area contributed by atoms with Crippen LogP contribution >= 0.6 is 0 Å². The second-order valence-corrected chi connectivity index (χ2v) is 9.43. The molecule has 2 heterocycles. The Hall–Kier alpha value is -4.47. The number of alkyl halides is 3. The third kappa shape index (κ3) is 5.14. The zero-order chi connectivity index (χ0) is 27.9. The molecule has 39 heavy (non-hydrogen) atoms. The van der Waals surface area contributed by atoms with E-state index in [1.807, 2.05) is 31.3 Å². The van der Waals surface area contributed by atoms with Gasteiger partial charge in [-0.25, -0.2) is 0 Å². The van der Waals surface area contributed by atoms with E-state index in [1.54, 1.807) is 24.3 Å². The highest BCUT2D eigenvalue weighted by Crippen LogP contribution is 2.35. The van der Waals surface area contributed by atoms with E-state index in [1.165, 1.54) is 17.6 Å². The average molecular weight is 539 g/mol. The van der Waals surface area contributed by atoms with Gasteiger partial charge in [0, 0.05) is 23.7 Å². The van der Waals surface area contributed by atoms with Crippen LogP contribution in [-0.4, -0.2) is 47.9 Å². The normalized spacial score (nSPS) is 15.1. The summed E-state index contributed by atoms with van der Waals surface area (Å²) in [6.45, 7) is 2.45. The fourth-order valence-electron chi connectivity index (χ4n) is 4.89. The number of carboxylic acids is 1. The summed E-state index contributed by atoms with van der Waals surface area (Å²) in [6, 6.07) is 17.1. The molecule has 5 rings (SSSR count). The topological polar surface area (TPSA) is 81.0 Å². The number of rotatable bonds is 6. The molecule has 202 valence electrons. The molecule has 3 aromatic carbocycles. The number of ether oxygens (including phenoxy) is 2. The largest absolute Gasteiger partial charge is 0.490 e. The summed E-state index contributed by atoms with van der Waals surface area (Å²) in [5.74, 6) is -0.402. The van der Waals surface area contributed by atoms with Crippen LogP contribution < -0.4 is 14.4 Å². The van der Waals surface area contributed by atoms with Crippen LogP contribution in [0.3, 0.4) is 0 Å². The maximum absolute atomic E-state index is 13.5. The maximum Gasteiger partial charge on any atom is 0.416 e. The van der Waals surface area contributed by atoms with Crippen LogP contribution in [0.5, 0.6) is 11.5 Å². The highest BCUT2D eigenvalue weighted by Gasteiger charge is 2.32. The van der Waals surface area contributed by atoms with Crippen LogP contribution in [0.2, 0.25) is 0 Å². The Balaban J connectivity index is 1.37. The fraction of sp³-hybridized carbons (Fsp3) is 0.241. The third-order valence-corrected chi connectivity index (χ3v) is 6.78. The van der Waals surface area contributed by atoms with E-state index in [-0.39, 0.29) is 40.4 Å². The first-order valence-electron chi connectivity index (χ1n) is 12.2. The summed E-state index contributed by atoms with van der Waals surface area (Å²) in [5, 5.41) is 9.42. The Morgan fingerprint density at radius 2 is 1.79 bits per heavy atom. The summed E-state index contributed by atoms with van der Waals surface area (Å²) < 4.78 is 53.2. The molecule has 0 radical (unpaired) electrons. The molecule has 0 fully saturated rings. The maximum atomic E-state index is 13.5. The number of aliphatic carboxylic acids is 1. The zero-order valence-corrected chi connectivity index (χ0v) is 21.2. The molecule has 0 spiro atoms. The van der Waals surface area contributed by atoms with Gasteiger partial charge in [0.05, 0.1) is 29.7 Å². The number of carboxylic acid groups (broad SMARTS) is 1. The predicted molar refractivity (Wildman–Crippen MR) is 139 cm³/mol. The van der Waals surface area contributed by atoms with E-state index < -0.39 is 30.0 Å². The Bertz CT molecular complexity index is 1560. The molecule has 7 nitrogen and oxygen atoms in total. The summed E-state index contributed by atoms with van der Waals surface area (Å²) in [5.41, 5.74) is 1.01. The first-order valence-corrected chi connectivity index (χ1v) is 12.2. The molecular formula is C29H25F3N2O5. The van der Waals surface area contributed by atoms with Crippen LogP contribution in [0.25, 0.3) is 10.9 Å². The number of carbonyl (C=O) groups is 2. The second kappa shape index (κ2) is 10.0. The van der Waals surface area contributed by atoms with Crippen LogP contribution in [-0.2, 0) is 17.4 Å². The molecule has 0 saturated heterocycles. The van der Waals surface area contributed by atoms with Gasteiger partial charge in [-0.2, -0.15) is 13.2 Å². The van der Waals surface area contributed by atoms with Gasteiger partial charge in [-0.15, -0.1) is 0 Å². The third-order valence-electron chi connectivity index (χ3n) is 6.78. The van der Waals surface area contributed by atoms with Crippen molar-refractivity contribution in [1.29, 1.82) is 0 Å². The molecule has 10 heteroatoms. The molecule has 0 unspecified atom stereocenters. The first-order chi connectivity index (χ1) is 18.5. The molecule has 1 N–H and O–H groups in total. The number of aromatic nitrogens is 1. The van der Waals surface area contributed by atoms with E-state index >= 15 is 0 Å². The Morgan fingerprint density at radius 3 is 2.49 bits per heavy atom. The van der Waals surface area contributed by atoms with Crippen LogP contribution in [0, 0.1) is 6.92 Å². The Kier molecular flexibility index (Phi) is 6.71. The lowest BCUT2D eigenvalue weighted by atomic mass is 10.1. The van der Waals surface area contributed by atoms with Gasteiger partial charge < -0.3 is 19.5 Å². The molecule has 1 atom stereocenters. The molecule has 0 saturated carbocycles. The molecule has 0 aliphatic carbocycles. The van der Waals surface area contributed by atoms with Crippen molar-refractivity contribution < 1.29 is 37.3 Å². The average Bonchev–Trinajstić information content (AvgIpc) is 3.17. The molecule has 1 aliphatic heterocycles.